The van der Waals surface area contributed by atoms with Crippen molar-refractivity contribution < 1.29 is 0 Å². The normalized spacial score (nSPS) is 32.4. The Morgan fingerprint density at radius 3 is 2.35 bits per heavy atom. The molecule has 4 rings (SSSR count). The van der Waals surface area contributed by atoms with Gasteiger partial charge in [-0.1, -0.05) is 62.4 Å². The minimum atomic E-state index is 0.380. The van der Waals surface area contributed by atoms with Crippen LogP contribution in [0.1, 0.15) is 30.9 Å². The largest absolute Gasteiger partial charge is 0.0619 e. The lowest BCUT2D eigenvalue weighted by Gasteiger charge is -2.24. The van der Waals surface area contributed by atoms with Crippen LogP contribution in [0, 0.1) is 5.92 Å². The summed E-state index contributed by atoms with van der Waals surface area (Å²) in [6, 6.07) is 17.9. The summed E-state index contributed by atoms with van der Waals surface area (Å²) in [6.07, 6.45) is 0. The first-order valence-corrected chi connectivity index (χ1v) is 6.43. The van der Waals surface area contributed by atoms with Crippen molar-refractivity contribution in [1.29, 1.82) is 0 Å². The highest BCUT2D eigenvalue weighted by Gasteiger charge is 2.62. The van der Waals surface area contributed by atoms with E-state index >= 15 is 0 Å². The van der Waals surface area contributed by atoms with Crippen molar-refractivity contribution >= 4 is 0 Å². The minimum absolute atomic E-state index is 0.380. The average Bonchev–Trinajstić information content (AvgIpc) is 2.94. The van der Waals surface area contributed by atoms with E-state index in [2.05, 4.69) is 62.4 Å². The maximum atomic E-state index is 2.43. The monoisotopic (exact) mass is 220 g/mol. The zero-order chi connectivity index (χ0) is 11.6. The zero-order valence-corrected chi connectivity index (χ0v) is 10.3. The molecule has 0 nitrogen and oxygen atoms in total. The molecule has 0 heteroatoms. The molecule has 2 aromatic rings. The molecule has 2 aromatic carbocycles. The fourth-order valence-electron chi connectivity index (χ4n) is 3.93. The number of hydrogen-bond acceptors (Lipinski definition) is 0. The summed E-state index contributed by atoms with van der Waals surface area (Å²) in [5.74, 6) is 1.50. The van der Waals surface area contributed by atoms with Crippen LogP contribution in [0.5, 0.6) is 0 Å². The summed E-state index contributed by atoms with van der Waals surface area (Å²) in [6.45, 7) is 4.82. The van der Waals surface area contributed by atoms with E-state index in [9.17, 15) is 0 Å². The Hall–Kier alpha value is -1.56. The second-order valence-electron chi connectivity index (χ2n) is 5.68. The van der Waals surface area contributed by atoms with E-state index in [-0.39, 0.29) is 0 Å². The van der Waals surface area contributed by atoms with E-state index in [0.717, 1.165) is 11.8 Å². The molecule has 3 atom stereocenters. The smallest absolute Gasteiger partial charge is 0.00343 e. The number of fused-ring (bicyclic) bond motifs is 6. The van der Waals surface area contributed by atoms with Gasteiger partial charge in [0.25, 0.3) is 0 Å². The summed E-state index contributed by atoms with van der Waals surface area (Å²) in [4.78, 5) is 0. The lowest BCUT2D eigenvalue weighted by Crippen LogP contribution is -2.12. The van der Waals surface area contributed by atoms with Crippen LogP contribution in [0.2, 0.25) is 0 Å². The fraction of sp³-hybridized carbons (Fsp3) is 0.294. The third-order valence-corrected chi connectivity index (χ3v) is 5.08. The van der Waals surface area contributed by atoms with Gasteiger partial charge in [-0.15, -0.1) is 0 Å². The van der Waals surface area contributed by atoms with E-state index in [1.165, 1.54) is 11.1 Å². The van der Waals surface area contributed by atoms with Crippen molar-refractivity contribution in [3.05, 3.63) is 59.7 Å². The Labute approximate surface area is 102 Å². The molecule has 17 heavy (non-hydrogen) atoms. The van der Waals surface area contributed by atoms with Crippen LogP contribution in [0.25, 0.3) is 11.1 Å². The zero-order valence-electron chi connectivity index (χ0n) is 10.3. The predicted octanol–water partition coefficient (Wildman–Crippen LogP) is 4.36. The molecule has 0 bridgehead atoms. The van der Waals surface area contributed by atoms with Crippen molar-refractivity contribution in [2.45, 2.75) is 25.2 Å². The van der Waals surface area contributed by atoms with Gasteiger partial charge >= 0.3 is 0 Å². The summed E-state index contributed by atoms with van der Waals surface area (Å²) in [5, 5.41) is 0. The van der Waals surface area contributed by atoms with Gasteiger partial charge in [0, 0.05) is 5.41 Å². The lowest BCUT2D eigenvalue weighted by molar-refractivity contribution is 0.693. The lowest BCUT2D eigenvalue weighted by atomic mass is 9.79. The molecule has 0 aliphatic heterocycles. The summed E-state index contributed by atoms with van der Waals surface area (Å²) >= 11 is 0. The Balaban J connectivity index is 2.10. The SMILES string of the molecule is CC1C2c3ccccc3-c3ccccc3C12C. The van der Waals surface area contributed by atoms with Crippen molar-refractivity contribution in [3.8, 4) is 11.1 Å². The third-order valence-electron chi connectivity index (χ3n) is 5.08. The second-order valence-corrected chi connectivity index (χ2v) is 5.68. The average molecular weight is 220 g/mol. The molecule has 3 unspecified atom stereocenters. The van der Waals surface area contributed by atoms with Crippen molar-refractivity contribution in [3.63, 3.8) is 0 Å². The van der Waals surface area contributed by atoms with Gasteiger partial charge in [0.15, 0.2) is 0 Å². The maximum Gasteiger partial charge on any atom is 0.00343 e. The molecule has 1 saturated carbocycles. The number of hydrogen-bond donors (Lipinski definition) is 0. The molecule has 0 radical (unpaired) electrons. The molecule has 0 amide bonds. The summed E-state index contributed by atoms with van der Waals surface area (Å²) in [5.41, 5.74) is 6.39. The molecular formula is C17H16. The van der Waals surface area contributed by atoms with Gasteiger partial charge in [-0.25, -0.2) is 0 Å². The van der Waals surface area contributed by atoms with Crippen molar-refractivity contribution in [2.75, 3.05) is 0 Å². The topological polar surface area (TPSA) is 0 Å². The van der Waals surface area contributed by atoms with Crippen molar-refractivity contribution in [1.82, 2.24) is 0 Å². The highest BCUT2D eigenvalue weighted by Crippen LogP contribution is 2.70. The van der Waals surface area contributed by atoms with E-state index < -0.39 is 0 Å². The van der Waals surface area contributed by atoms with Crippen LogP contribution in [0.15, 0.2) is 48.5 Å². The van der Waals surface area contributed by atoms with E-state index in [0.29, 0.717) is 5.41 Å². The quantitative estimate of drug-likeness (QED) is 0.619. The Bertz CT molecular complexity index is 611. The van der Waals surface area contributed by atoms with Crippen LogP contribution in [0.4, 0.5) is 0 Å². The van der Waals surface area contributed by atoms with E-state index in [1.807, 2.05) is 0 Å². The molecule has 2 aliphatic carbocycles. The van der Waals surface area contributed by atoms with Crippen LogP contribution < -0.4 is 0 Å². The third kappa shape index (κ3) is 0.952. The highest BCUT2D eigenvalue weighted by molar-refractivity contribution is 5.79. The van der Waals surface area contributed by atoms with Gasteiger partial charge in [-0.2, -0.15) is 0 Å². The van der Waals surface area contributed by atoms with Gasteiger partial charge < -0.3 is 0 Å². The molecule has 0 N–H and O–H groups in total. The van der Waals surface area contributed by atoms with Gasteiger partial charge in [-0.3, -0.25) is 0 Å². The Morgan fingerprint density at radius 1 is 0.882 bits per heavy atom. The first-order chi connectivity index (χ1) is 8.24. The molecule has 0 spiro atoms. The summed E-state index contributed by atoms with van der Waals surface area (Å²) < 4.78 is 0. The second kappa shape index (κ2) is 2.81. The van der Waals surface area contributed by atoms with Gasteiger partial charge in [0.2, 0.25) is 0 Å². The number of rotatable bonds is 0. The Morgan fingerprint density at radius 2 is 1.53 bits per heavy atom. The van der Waals surface area contributed by atoms with Crippen molar-refractivity contribution in [2.24, 2.45) is 5.92 Å². The van der Waals surface area contributed by atoms with Crippen LogP contribution in [0.3, 0.4) is 0 Å². The Kier molecular flexibility index (Phi) is 1.57. The molecule has 0 heterocycles. The van der Waals surface area contributed by atoms with Crippen LogP contribution in [-0.2, 0) is 5.41 Å². The molecule has 84 valence electrons. The molecule has 1 fully saturated rings. The highest BCUT2D eigenvalue weighted by atomic mass is 14.6. The molecule has 0 saturated heterocycles. The van der Waals surface area contributed by atoms with Gasteiger partial charge in [0.1, 0.15) is 0 Å². The van der Waals surface area contributed by atoms with E-state index in [4.69, 9.17) is 0 Å². The van der Waals surface area contributed by atoms with Crippen LogP contribution in [-0.4, -0.2) is 0 Å². The van der Waals surface area contributed by atoms with Gasteiger partial charge in [0.05, 0.1) is 0 Å². The van der Waals surface area contributed by atoms with Crippen LogP contribution >= 0.6 is 0 Å². The standard InChI is InChI=1S/C17H16/c1-11-16-14-9-4-3-7-12(14)13-8-5-6-10-15(13)17(11,16)2/h3-11,16H,1-2H3. The first-order valence-electron chi connectivity index (χ1n) is 6.43. The molecule has 2 aliphatic rings. The fourth-order valence-corrected chi connectivity index (χ4v) is 3.93. The molecule has 0 aromatic heterocycles. The minimum Gasteiger partial charge on any atom is -0.0619 e. The van der Waals surface area contributed by atoms with Gasteiger partial charge in [-0.05, 0) is 34.1 Å². The van der Waals surface area contributed by atoms with E-state index in [1.54, 1.807) is 11.1 Å². The predicted molar refractivity (Wildman–Crippen MR) is 71.1 cm³/mol. The molecular weight excluding hydrogens is 204 g/mol. The number of benzene rings is 2. The summed E-state index contributed by atoms with van der Waals surface area (Å²) in [7, 11) is 0. The maximum absolute atomic E-state index is 2.43. The first kappa shape index (κ1) is 9.47.